The second kappa shape index (κ2) is 6.14. The summed E-state index contributed by atoms with van der Waals surface area (Å²) >= 11 is 0. The van der Waals surface area contributed by atoms with E-state index in [0.717, 1.165) is 22.4 Å². The number of rotatable bonds is 6. The number of nitrogens with one attached hydrogen (secondary N) is 1. The molecule has 0 fully saturated rings. The van der Waals surface area contributed by atoms with Crippen LogP contribution < -0.4 is 5.32 Å². The molecule has 2 rings (SSSR count). The second-order valence-electron chi connectivity index (χ2n) is 4.76. The van der Waals surface area contributed by atoms with Crippen molar-refractivity contribution in [3.05, 3.63) is 29.6 Å². The molecule has 19 heavy (non-hydrogen) atoms. The van der Waals surface area contributed by atoms with Crippen LogP contribution in [0.1, 0.15) is 23.9 Å². The zero-order valence-electron chi connectivity index (χ0n) is 11.4. The van der Waals surface area contributed by atoms with Crippen LogP contribution >= 0.6 is 0 Å². The lowest BCUT2D eigenvalue weighted by Gasteiger charge is -2.12. The lowest BCUT2D eigenvalue weighted by atomic mass is 10.1. The molecule has 0 radical (unpaired) electrons. The molecule has 0 aliphatic heterocycles. The Balaban J connectivity index is 2.08. The Morgan fingerprint density at radius 1 is 1.42 bits per heavy atom. The Hall–Kier alpha value is -1.43. The van der Waals surface area contributed by atoms with Crippen LogP contribution in [0.25, 0.3) is 11.0 Å². The van der Waals surface area contributed by atoms with Gasteiger partial charge in [0.1, 0.15) is 5.82 Å². The average molecular weight is 263 g/mol. The van der Waals surface area contributed by atoms with Gasteiger partial charge in [0.15, 0.2) is 0 Å². The molecule has 5 heteroatoms. The number of aliphatic hydroxyl groups is 2. The van der Waals surface area contributed by atoms with Crippen LogP contribution in [0.4, 0.5) is 0 Å². The van der Waals surface area contributed by atoms with Gasteiger partial charge in [-0.05, 0) is 37.6 Å². The number of hydrogen-bond acceptors (Lipinski definition) is 4. The van der Waals surface area contributed by atoms with Crippen molar-refractivity contribution in [1.82, 2.24) is 14.9 Å². The van der Waals surface area contributed by atoms with Crippen LogP contribution in [0, 0.1) is 6.92 Å². The van der Waals surface area contributed by atoms with Gasteiger partial charge in [-0.15, -0.1) is 0 Å². The van der Waals surface area contributed by atoms with E-state index in [2.05, 4.69) is 10.3 Å². The molecule has 0 spiro atoms. The van der Waals surface area contributed by atoms with Gasteiger partial charge in [-0.1, -0.05) is 6.07 Å². The third-order valence-corrected chi connectivity index (χ3v) is 3.36. The van der Waals surface area contributed by atoms with E-state index in [0.29, 0.717) is 19.5 Å². The highest BCUT2D eigenvalue weighted by Gasteiger charge is 2.10. The van der Waals surface area contributed by atoms with Gasteiger partial charge >= 0.3 is 0 Å². The van der Waals surface area contributed by atoms with Crippen LogP contribution in [-0.2, 0) is 7.05 Å². The maximum Gasteiger partial charge on any atom is 0.106 e. The molecule has 0 saturated carbocycles. The van der Waals surface area contributed by atoms with Crippen molar-refractivity contribution in [1.29, 1.82) is 0 Å². The van der Waals surface area contributed by atoms with Crippen molar-refractivity contribution in [2.75, 3.05) is 19.7 Å². The van der Waals surface area contributed by atoms with Crippen LogP contribution in [0.3, 0.4) is 0 Å². The molecule has 1 unspecified atom stereocenters. The summed E-state index contributed by atoms with van der Waals surface area (Å²) in [5.74, 6) is 0.961. The summed E-state index contributed by atoms with van der Waals surface area (Å²) in [4.78, 5) is 4.46. The number of fused-ring (bicyclic) bond motifs is 1. The van der Waals surface area contributed by atoms with Gasteiger partial charge in [-0.3, -0.25) is 0 Å². The van der Waals surface area contributed by atoms with Gasteiger partial charge < -0.3 is 20.1 Å². The molecule has 0 aliphatic carbocycles. The molecule has 104 valence electrons. The molecule has 0 aliphatic rings. The first kappa shape index (κ1) is 14.0. The van der Waals surface area contributed by atoms with E-state index in [-0.39, 0.29) is 6.61 Å². The fourth-order valence-corrected chi connectivity index (χ4v) is 2.11. The lowest BCUT2D eigenvalue weighted by molar-refractivity contribution is 0.173. The summed E-state index contributed by atoms with van der Waals surface area (Å²) in [6.07, 6.45) is 0.149. The summed E-state index contributed by atoms with van der Waals surface area (Å²) in [5, 5.41) is 21.9. The smallest absolute Gasteiger partial charge is 0.106 e. The summed E-state index contributed by atoms with van der Waals surface area (Å²) in [6, 6.07) is 5.85. The first-order chi connectivity index (χ1) is 9.13. The molecule has 3 N–H and O–H groups in total. The normalized spacial score (nSPS) is 13.1. The molecule has 5 nitrogen and oxygen atoms in total. The maximum atomic E-state index is 10.1. The third kappa shape index (κ3) is 3.12. The minimum atomic E-state index is -0.551. The molecule has 1 aromatic carbocycles. The summed E-state index contributed by atoms with van der Waals surface area (Å²) in [6.45, 7) is 3.32. The number of aromatic nitrogens is 2. The predicted molar refractivity (Wildman–Crippen MR) is 75.0 cm³/mol. The van der Waals surface area contributed by atoms with Crippen LogP contribution in [-0.4, -0.2) is 39.5 Å². The van der Waals surface area contributed by atoms with Crippen LogP contribution in [0.15, 0.2) is 18.2 Å². The Kier molecular flexibility index (Phi) is 4.52. The van der Waals surface area contributed by atoms with Gasteiger partial charge in [0, 0.05) is 20.2 Å². The van der Waals surface area contributed by atoms with E-state index in [1.165, 1.54) is 0 Å². The summed E-state index contributed by atoms with van der Waals surface area (Å²) in [5.41, 5.74) is 2.84. The lowest BCUT2D eigenvalue weighted by Crippen LogP contribution is -2.23. The highest BCUT2D eigenvalue weighted by molar-refractivity contribution is 5.76. The first-order valence-electron chi connectivity index (χ1n) is 6.56. The number of imidazole rings is 1. The van der Waals surface area contributed by atoms with E-state index in [1.807, 2.05) is 36.7 Å². The molecule has 1 heterocycles. The SMILES string of the molecule is Cc1nc2cc(C(O)CNCCCO)ccc2n1C. The van der Waals surface area contributed by atoms with Crippen molar-refractivity contribution in [2.24, 2.45) is 7.05 Å². The van der Waals surface area contributed by atoms with Gasteiger partial charge in [-0.2, -0.15) is 0 Å². The topological polar surface area (TPSA) is 70.3 Å². The molecule has 2 aromatic rings. The fraction of sp³-hybridized carbons (Fsp3) is 0.500. The molecular weight excluding hydrogens is 242 g/mol. The third-order valence-electron chi connectivity index (χ3n) is 3.36. The molecule has 0 saturated heterocycles. The monoisotopic (exact) mass is 263 g/mol. The fourth-order valence-electron chi connectivity index (χ4n) is 2.11. The minimum absolute atomic E-state index is 0.169. The van der Waals surface area contributed by atoms with E-state index in [4.69, 9.17) is 5.11 Å². The van der Waals surface area contributed by atoms with E-state index in [1.54, 1.807) is 0 Å². The van der Waals surface area contributed by atoms with Crippen LogP contribution in [0.5, 0.6) is 0 Å². The zero-order valence-corrected chi connectivity index (χ0v) is 11.4. The van der Waals surface area contributed by atoms with Crippen molar-refractivity contribution in [2.45, 2.75) is 19.4 Å². The summed E-state index contributed by atoms with van der Waals surface area (Å²) in [7, 11) is 1.98. The number of aryl methyl sites for hydroxylation is 2. The second-order valence-corrected chi connectivity index (χ2v) is 4.76. The average Bonchev–Trinajstić information content (AvgIpc) is 2.69. The Labute approximate surface area is 112 Å². The quantitative estimate of drug-likeness (QED) is 0.677. The standard InChI is InChI=1S/C14H21N3O2/c1-10-16-12-8-11(4-5-13(12)17(10)2)14(19)9-15-6-3-7-18/h4-5,8,14-15,18-19H,3,6-7,9H2,1-2H3. The molecule has 0 amide bonds. The maximum absolute atomic E-state index is 10.1. The van der Waals surface area contributed by atoms with Crippen molar-refractivity contribution in [3.8, 4) is 0 Å². The van der Waals surface area contributed by atoms with Gasteiger partial charge in [0.25, 0.3) is 0 Å². The largest absolute Gasteiger partial charge is 0.396 e. The molecule has 1 aromatic heterocycles. The van der Waals surface area contributed by atoms with Crippen LogP contribution in [0.2, 0.25) is 0 Å². The number of nitrogens with zero attached hydrogens (tertiary/aromatic N) is 2. The van der Waals surface area contributed by atoms with Gasteiger partial charge in [0.2, 0.25) is 0 Å². The molecule has 1 atom stereocenters. The summed E-state index contributed by atoms with van der Waals surface area (Å²) < 4.78 is 2.03. The van der Waals surface area contributed by atoms with Gasteiger partial charge in [0.05, 0.1) is 17.1 Å². The Morgan fingerprint density at radius 2 is 2.21 bits per heavy atom. The van der Waals surface area contributed by atoms with Gasteiger partial charge in [-0.25, -0.2) is 4.98 Å². The number of aliphatic hydroxyl groups excluding tert-OH is 2. The van der Waals surface area contributed by atoms with Crippen molar-refractivity contribution >= 4 is 11.0 Å². The van der Waals surface area contributed by atoms with Crippen molar-refractivity contribution < 1.29 is 10.2 Å². The Morgan fingerprint density at radius 3 is 2.95 bits per heavy atom. The molecule has 0 bridgehead atoms. The molecular formula is C14H21N3O2. The predicted octanol–water partition coefficient (Wildman–Crippen LogP) is 0.887. The number of hydrogen-bond donors (Lipinski definition) is 3. The van der Waals surface area contributed by atoms with E-state index in [9.17, 15) is 5.11 Å². The minimum Gasteiger partial charge on any atom is -0.396 e. The first-order valence-corrected chi connectivity index (χ1v) is 6.56. The number of benzene rings is 1. The Bertz CT molecular complexity index is 551. The zero-order chi connectivity index (χ0) is 13.8. The highest BCUT2D eigenvalue weighted by atomic mass is 16.3. The van der Waals surface area contributed by atoms with E-state index >= 15 is 0 Å². The van der Waals surface area contributed by atoms with Crippen molar-refractivity contribution in [3.63, 3.8) is 0 Å². The van der Waals surface area contributed by atoms with E-state index < -0.39 is 6.10 Å². The highest BCUT2D eigenvalue weighted by Crippen LogP contribution is 2.20.